The zero-order valence-electron chi connectivity index (χ0n) is 11.6. The topological polar surface area (TPSA) is 46.2 Å². The van der Waals surface area contributed by atoms with Crippen LogP contribution in [-0.4, -0.2) is 8.42 Å². The molecule has 106 valence electrons. The predicted octanol–water partition coefficient (Wildman–Crippen LogP) is 3.42. The molecule has 3 nitrogen and oxygen atoms in total. The number of allylic oxidation sites excluding steroid dienone is 2. The fraction of sp³-hybridized carbons (Fsp3) is 0.0588. The van der Waals surface area contributed by atoms with Gasteiger partial charge in [-0.15, -0.1) is 0 Å². The normalized spacial score (nSPS) is 10.9. The summed E-state index contributed by atoms with van der Waals surface area (Å²) in [6.45, 7) is 1.89. The van der Waals surface area contributed by atoms with Gasteiger partial charge in [-0.25, -0.2) is 8.42 Å². The minimum absolute atomic E-state index is 0.232. The van der Waals surface area contributed by atoms with Crippen molar-refractivity contribution in [3.8, 4) is 11.8 Å². The molecule has 0 fully saturated rings. The highest BCUT2D eigenvalue weighted by atomic mass is 32.2. The number of anilines is 1. The van der Waals surface area contributed by atoms with Gasteiger partial charge in [0, 0.05) is 5.56 Å². The maximum absolute atomic E-state index is 12.2. The van der Waals surface area contributed by atoms with Gasteiger partial charge in [0.2, 0.25) is 0 Å². The summed E-state index contributed by atoms with van der Waals surface area (Å²) in [6.07, 6.45) is 3.58. The molecule has 0 spiro atoms. The van der Waals surface area contributed by atoms with Crippen LogP contribution in [0.4, 0.5) is 5.69 Å². The summed E-state index contributed by atoms with van der Waals surface area (Å²) in [6, 6.07) is 15.3. The first kappa shape index (κ1) is 14.9. The molecular weight excluding hydrogens is 282 g/mol. The summed E-state index contributed by atoms with van der Waals surface area (Å²) in [5.41, 5.74) is 1.24. The van der Waals surface area contributed by atoms with Crippen LogP contribution in [0.15, 0.2) is 71.6 Å². The van der Waals surface area contributed by atoms with E-state index in [1.807, 2.05) is 19.1 Å². The van der Waals surface area contributed by atoms with E-state index in [0.29, 0.717) is 5.69 Å². The summed E-state index contributed by atoms with van der Waals surface area (Å²) < 4.78 is 27.0. The van der Waals surface area contributed by atoms with Crippen molar-refractivity contribution in [2.75, 3.05) is 4.72 Å². The van der Waals surface area contributed by atoms with Crippen LogP contribution >= 0.6 is 0 Å². The van der Waals surface area contributed by atoms with E-state index >= 15 is 0 Å². The molecular formula is C17H15NO2S. The number of hydrogen-bond acceptors (Lipinski definition) is 2. The van der Waals surface area contributed by atoms with Crippen molar-refractivity contribution < 1.29 is 8.42 Å². The van der Waals surface area contributed by atoms with Gasteiger partial charge in [0.15, 0.2) is 0 Å². The first-order valence-corrected chi connectivity index (χ1v) is 7.91. The zero-order valence-corrected chi connectivity index (χ0v) is 12.4. The molecule has 1 N–H and O–H groups in total. The number of rotatable bonds is 3. The molecule has 0 bridgehead atoms. The second-order valence-electron chi connectivity index (χ2n) is 4.27. The maximum Gasteiger partial charge on any atom is 0.261 e. The van der Waals surface area contributed by atoms with E-state index in [0.717, 1.165) is 5.56 Å². The second-order valence-corrected chi connectivity index (χ2v) is 5.95. The third-order valence-electron chi connectivity index (χ3n) is 2.63. The lowest BCUT2D eigenvalue weighted by Crippen LogP contribution is -2.12. The number of nitrogens with one attached hydrogen (secondary N) is 1. The number of benzene rings is 2. The van der Waals surface area contributed by atoms with Gasteiger partial charge in [0.25, 0.3) is 10.0 Å². The first-order chi connectivity index (χ1) is 10.1. The van der Waals surface area contributed by atoms with Gasteiger partial charge in [0.1, 0.15) is 0 Å². The van der Waals surface area contributed by atoms with Gasteiger partial charge in [-0.2, -0.15) is 0 Å². The lowest BCUT2D eigenvalue weighted by molar-refractivity contribution is 0.601. The van der Waals surface area contributed by atoms with Gasteiger partial charge in [-0.1, -0.05) is 42.2 Å². The molecule has 0 saturated carbocycles. The molecule has 0 aliphatic carbocycles. The van der Waals surface area contributed by atoms with Gasteiger partial charge in [0.05, 0.1) is 10.6 Å². The Hall–Kier alpha value is -2.51. The molecule has 0 unspecified atom stereocenters. The minimum Gasteiger partial charge on any atom is -0.280 e. The van der Waals surface area contributed by atoms with Crippen LogP contribution in [0.5, 0.6) is 0 Å². The molecule has 0 aliphatic heterocycles. The lowest BCUT2D eigenvalue weighted by atomic mass is 10.2. The molecule has 2 rings (SSSR count). The van der Waals surface area contributed by atoms with E-state index in [4.69, 9.17) is 0 Å². The van der Waals surface area contributed by atoms with E-state index < -0.39 is 10.0 Å². The van der Waals surface area contributed by atoms with Crippen LogP contribution < -0.4 is 4.72 Å². The van der Waals surface area contributed by atoms with Crippen molar-refractivity contribution in [1.29, 1.82) is 0 Å². The summed E-state index contributed by atoms with van der Waals surface area (Å²) in [7, 11) is -3.57. The van der Waals surface area contributed by atoms with Crippen molar-refractivity contribution in [2.45, 2.75) is 11.8 Å². The van der Waals surface area contributed by atoms with Crippen LogP contribution in [0.25, 0.3) is 0 Å². The van der Waals surface area contributed by atoms with Crippen molar-refractivity contribution in [3.05, 3.63) is 72.3 Å². The number of sulfonamides is 1. The maximum atomic E-state index is 12.2. The van der Waals surface area contributed by atoms with E-state index in [-0.39, 0.29) is 4.90 Å². The summed E-state index contributed by atoms with van der Waals surface area (Å²) in [4.78, 5) is 0.232. The molecule has 0 atom stereocenters. The monoisotopic (exact) mass is 297 g/mol. The number of hydrogen-bond donors (Lipinski definition) is 1. The quantitative estimate of drug-likeness (QED) is 0.882. The Morgan fingerprint density at radius 1 is 1.05 bits per heavy atom. The summed E-state index contributed by atoms with van der Waals surface area (Å²) in [5, 5.41) is 0. The van der Waals surface area contributed by atoms with Gasteiger partial charge in [-0.3, -0.25) is 4.72 Å². The minimum atomic E-state index is -3.57. The molecule has 2 aromatic rings. The zero-order chi connectivity index (χ0) is 15.1. The molecule has 0 radical (unpaired) electrons. The molecule has 0 amide bonds. The summed E-state index contributed by atoms with van der Waals surface area (Å²) in [5.74, 6) is 5.81. The largest absolute Gasteiger partial charge is 0.280 e. The molecule has 21 heavy (non-hydrogen) atoms. The Labute approximate surface area is 125 Å². The van der Waals surface area contributed by atoms with E-state index in [2.05, 4.69) is 16.6 Å². The fourth-order valence-electron chi connectivity index (χ4n) is 1.68. The SMILES string of the molecule is C/C=C\C#Cc1cccc(NS(=O)(=O)c2ccccc2)c1. The smallest absolute Gasteiger partial charge is 0.261 e. The van der Waals surface area contributed by atoms with Crippen molar-refractivity contribution in [1.82, 2.24) is 0 Å². The van der Waals surface area contributed by atoms with Crippen LogP contribution in [-0.2, 0) is 10.0 Å². The highest BCUT2D eigenvalue weighted by Crippen LogP contribution is 2.16. The average molecular weight is 297 g/mol. The lowest BCUT2D eigenvalue weighted by Gasteiger charge is -2.08. The van der Waals surface area contributed by atoms with E-state index in [1.165, 1.54) is 0 Å². The predicted molar refractivity (Wildman–Crippen MR) is 85.4 cm³/mol. The van der Waals surface area contributed by atoms with Crippen molar-refractivity contribution in [3.63, 3.8) is 0 Å². The van der Waals surface area contributed by atoms with Crippen LogP contribution in [0.2, 0.25) is 0 Å². The highest BCUT2D eigenvalue weighted by Gasteiger charge is 2.13. The average Bonchev–Trinajstić information content (AvgIpc) is 2.48. The Bertz CT molecular complexity index is 797. The summed E-state index contributed by atoms with van der Waals surface area (Å²) >= 11 is 0. The first-order valence-electron chi connectivity index (χ1n) is 6.42. The van der Waals surface area contributed by atoms with Crippen molar-refractivity contribution >= 4 is 15.7 Å². The van der Waals surface area contributed by atoms with Crippen LogP contribution in [0.3, 0.4) is 0 Å². The third-order valence-corrected chi connectivity index (χ3v) is 4.03. The Morgan fingerprint density at radius 3 is 2.52 bits per heavy atom. The van der Waals surface area contributed by atoms with Gasteiger partial charge >= 0.3 is 0 Å². The molecule has 0 heterocycles. The molecule has 2 aromatic carbocycles. The van der Waals surface area contributed by atoms with E-state index in [9.17, 15) is 8.42 Å². The van der Waals surface area contributed by atoms with Gasteiger partial charge in [-0.05, 0) is 43.3 Å². The third kappa shape index (κ3) is 4.23. The molecule has 0 aromatic heterocycles. The highest BCUT2D eigenvalue weighted by molar-refractivity contribution is 7.92. The van der Waals surface area contributed by atoms with E-state index in [1.54, 1.807) is 54.6 Å². The molecule has 0 aliphatic rings. The Balaban J connectivity index is 2.25. The molecule has 0 saturated heterocycles. The molecule has 4 heteroatoms. The van der Waals surface area contributed by atoms with Crippen LogP contribution in [0, 0.1) is 11.8 Å². The van der Waals surface area contributed by atoms with Crippen molar-refractivity contribution in [2.24, 2.45) is 0 Å². The Morgan fingerprint density at radius 2 is 1.81 bits per heavy atom. The van der Waals surface area contributed by atoms with Gasteiger partial charge < -0.3 is 0 Å². The fourth-order valence-corrected chi connectivity index (χ4v) is 2.75. The van der Waals surface area contributed by atoms with Crippen LogP contribution in [0.1, 0.15) is 12.5 Å². The standard InChI is InChI=1S/C17H15NO2S/c1-2-3-5-9-15-10-8-11-16(14-15)18-21(19,20)17-12-6-4-7-13-17/h2-4,6-8,10-14,18H,1H3/b3-2-. The second kappa shape index (κ2) is 6.78. The Kier molecular flexibility index (Phi) is 4.81.